The van der Waals surface area contributed by atoms with E-state index >= 15 is 0 Å². The Hall–Kier alpha value is -3.56. The standard InChI is InChI=1S/C25H14N4O.Pt/c1-3-19(25-27-13-14-28-25)15-20(5-1)30-21-11-10-18-9-7-16-6-8-17-4-2-12-26-23(17)22(16)24(18)29-21;/h1-14H;/q-2;+2. The van der Waals surface area contributed by atoms with Crippen LogP contribution in [-0.4, -0.2) is 15.0 Å². The first-order chi connectivity index (χ1) is 14.8. The van der Waals surface area contributed by atoms with Gasteiger partial charge in [0.15, 0.2) is 0 Å². The summed E-state index contributed by atoms with van der Waals surface area (Å²) < 4.78 is 6.04. The van der Waals surface area contributed by atoms with Crippen LogP contribution in [-0.2, 0) is 21.1 Å². The first-order valence-corrected chi connectivity index (χ1v) is 9.57. The Morgan fingerprint density at radius 3 is 2.39 bits per heavy atom. The number of ether oxygens (including phenoxy) is 1. The minimum Gasteiger partial charge on any atom is -0.490 e. The summed E-state index contributed by atoms with van der Waals surface area (Å²) in [5.41, 5.74) is 2.58. The molecule has 0 spiro atoms. The molecule has 0 aliphatic rings. The Labute approximate surface area is 192 Å². The van der Waals surface area contributed by atoms with Crippen molar-refractivity contribution in [3.63, 3.8) is 0 Å². The second-order valence-electron chi connectivity index (χ2n) is 6.94. The molecule has 5 nitrogen and oxygen atoms in total. The van der Waals surface area contributed by atoms with Crippen molar-refractivity contribution in [1.29, 1.82) is 0 Å². The van der Waals surface area contributed by atoms with Crippen molar-refractivity contribution in [3.8, 4) is 23.0 Å². The van der Waals surface area contributed by atoms with Crippen molar-refractivity contribution < 1.29 is 25.8 Å². The van der Waals surface area contributed by atoms with E-state index in [1.165, 1.54) is 0 Å². The summed E-state index contributed by atoms with van der Waals surface area (Å²) in [6, 6.07) is 25.1. The fraction of sp³-hybridized carbons (Fsp3) is 0. The summed E-state index contributed by atoms with van der Waals surface area (Å²) in [6.07, 6.45) is 5.13. The first kappa shape index (κ1) is 19.4. The second-order valence-corrected chi connectivity index (χ2v) is 6.94. The number of hydrogen-bond acceptors (Lipinski definition) is 4. The molecule has 0 N–H and O–H groups in total. The molecule has 0 atom stereocenters. The average molecular weight is 581 g/mol. The van der Waals surface area contributed by atoms with Gasteiger partial charge in [0.1, 0.15) is 0 Å². The van der Waals surface area contributed by atoms with E-state index in [4.69, 9.17) is 9.72 Å². The van der Waals surface area contributed by atoms with Crippen molar-refractivity contribution in [2.24, 2.45) is 0 Å². The second kappa shape index (κ2) is 7.93. The summed E-state index contributed by atoms with van der Waals surface area (Å²) in [5, 5.41) is 4.25. The van der Waals surface area contributed by atoms with Crippen molar-refractivity contribution in [1.82, 2.24) is 19.9 Å². The van der Waals surface area contributed by atoms with Gasteiger partial charge in [-0.25, -0.2) is 4.98 Å². The van der Waals surface area contributed by atoms with E-state index in [-0.39, 0.29) is 21.1 Å². The molecule has 150 valence electrons. The molecule has 6 aromatic rings. The van der Waals surface area contributed by atoms with E-state index in [9.17, 15) is 0 Å². The number of hydrogen-bond donors (Lipinski definition) is 0. The number of benzene rings is 3. The zero-order chi connectivity index (χ0) is 19.9. The minimum atomic E-state index is 0. The number of rotatable bonds is 3. The molecule has 6 rings (SSSR count). The molecule has 3 aromatic carbocycles. The molecule has 6 heteroatoms. The van der Waals surface area contributed by atoms with Crippen LogP contribution in [0, 0.1) is 6.07 Å². The van der Waals surface area contributed by atoms with Gasteiger partial charge in [-0.05, 0) is 17.5 Å². The normalized spacial score (nSPS) is 11.0. The Balaban J connectivity index is 0.00000204. The molecule has 0 saturated heterocycles. The van der Waals surface area contributed by atoms with Crippen LogP contribution >= 0.6 is 0 Å². The third-order valence-electron chi connectivity index (χ3n) is 5.07. The van der Waals surface area contributed by atoms with Gasteiger partial charge in [-0.2, -0.15) is 5.56 Å². The molecule has 3 heterocycles. The van der Waals surface area contributed by atoms with E-state index in [0.717, 1.165) is 38.1 Å². The number of imidazole rings is 1. The summed E-state index contributed by atoms with van der Waals surface area (Å²) in [6.45, 7) is 0. The molecular weight excluding hydrogens is 567 g/mol. The van der Waals surface area contributed by atoms with Gasteiger partial charge in [0.2, 0.25) is 5.88 Å². The average Bonchev–Trinajstić information content (AvgIpc) is 3.34. The third kappa shape index (κ3) is 3.47. The van der Waals surface area contributed by atoms with Crippen LogP contribution < -0.4 is 9.72 Å². The molecule has 0 radical (unpaired) electrons. The molecular formula is C25H14N4OPt. The number of aromatic nitrogens is 4. The van der Waals surface area contributed by atoms with Crippen LogP contribution in [0.1, 0.15) is 0 Å². The molecule has 0 aliphatic heterocycles. The van der Waals surface area contributed by atoms with Gasteiger partial charge in [-0.15, -0.1) is 24.0 Å². The molecule has 0 bridgehead atoms. The zero-order valence-corrected chi connectivity index (χ0v) is 18.4. The maximum Gasteiger partial charge on any atom is 2.00 e. The smallest absolute Gasteiger partial charge is 0.490 e. The van der Waals surface area contributed by atoms with E-state index in [0.29, 0.717) is 17.5 Å². The summed E-state index contributed by atoms with van der Waals surface area (Å²) in [7, 11) is 0. The van der Waals surface area contributed by atoms with Crippen molar-refractivity contribution in [3.05, 3.63) is 91.4 Å². The maximum atomic E-state index is 6.04. The first-order valence-electron chi connectivity index (χ1n) is 9.57. The van der Waals surface area contributed by atoms with E-state index in [1.807, 2.05) is 42.6 Å². The maximum absolute atomic E-state index is 6.04. The van der Waals surface area contributed by atoms with Crippen LogP contribution in [0.2, 0.25) is 0 Å². The van der Waals surface area contributed by atoms with E-state index < -0.39 is 0 Å². The van der Waals surface area contributed by atoms with Crippen molar-refractivity contribution in [2.45, 2.75) is 0 Å². The summed E-state index contributed by atoms with van der Waals surface area (Å²) >= 11 is 0. The van der Waals surface area contributed by atoms with Crippen molar-refractivity contribution >= 4 is 32.6 Å². The Morgan fingerprint density at radius 2 is 1.55 bits per heavy atom. The molecule has 0 saturated carbocycles. The van der Waals surface area contributed by atoms with Gasteiger partial charge in [0.25, 0.3) is 0 Å². The van der Waals surface area contributed by atoms with E-state index in [2.05, 4.69) is 51.4 Å². The Morgan fingerprint density at radius 1 is 0.742 bits per heavy atom. The molecule has 3 aromatic heterocycles. The van der Waals surface area contributed by atoms with Crippen LogP contribution in [0.4, 0.5) is 0 Å². The Bertz CT molecular complexity index is 1520. The number of nitrogens with zero attached hydrogens (tertiary/aromatic N) is 4. The van der Waals surface area contributed by atoms with Crippen LogP contribution in [0.15, 0.2) is 85.3 Å². The van der Waals surface area contributed by atoms with Gasteiger partial charge in [0, 0.05) is 34.2 Å². The minimum absolute atomic E-state index is 0. The van der Waals surface area contributed by atoms with Crippen molar-refractivity contribution in [2.75, 3.05) is 0 Å². The van der Waals surface area contributed by atoms with Gasteiger partial charge in [0.05, 0.1) is 11.0 Å². The molecule has 31 heavy (non-hydrogen) atoms. The third-order valence-corrected chi connectivity index (χ3v) is 5.07. The number of fused-ring (bicyclic) bond motifs is 5. The van der Waals surface area contributed by atoms with Crippen LogP contribution in [0.3, 0.4) is 0 Å². The van der Waals surface area contributed by atoms with Crippen LogP contribution in [0.5, 0.6) is 11.6 Å². The van der Waals surface area contributed by atoms with Gasteiger partial charge in [-0.3, -0.25) is 4.98 Å². The number of pyridine rings is 2. The van der Waals surface area contributed by atoms with Gasteiger partial charge < -0.3 is 14.7 Å². The predicted molar refractivity (Wildman–Crippen MR) is 116 cm³/mol. The quantitative estimate of drug-likeness (QED) is 0.203. The summed E-state index contributed by atoms with van der Waals surface area (Å²) in [4.78, 5) is 17.9. The monoisotopic (exact) mass is 581 g/mol. The van der Waals surface area contributed by atoms with Gasteiger partial charge in [-0.1, -0.05) is 48.8 Å². The van der Waals surface area contributed by atoms with E-state index in [1.54, 1.807) is 12.4 Å². The molecule has 0 aliphatic carbocycles. The summed E-state index contributed by atoms with van der Waals surface area (Å²) in [5.74, 6) is 1.68. The van der Waals surface area contributed by atoms with Gasteiger partial charge >= 0.3 is 21.1 Å². The molecule has 0 fully saturated rings. The zero-order valence-electron chi connectivity index (χ0n) is 16.1. The Kier molecular flexibility index (Phi) is 4.97. The fourth-order valence-corrected chi connectivity index (χ4v) is 3.70. The largest absolute Gasteiger partial charge is 2.00 e. The van der Waals surface area contributed by atoms with Crippen LogP contribution in [0.25, 0.3) is 44.0 Å². The topological polar surface area (TPSA) is 62.0 Å². The molecule has 0 amide bonds. The SMILES string of the molecule is [Pt+2].[c-]1c(Oc2ccc3ccc4ccc5cccnc5c4c3n2)cccc1-c1ncc[n-]1. The molecule has 0 unspecified atom stereocenters. The predicted octanol–water partition coefficient (Wildman–Crippen LogP) is 5.55. The fourth-order valence-electron chi connectivity index (χ4n) is 3.70.